The van der Waals surface area contributed by atoms with Crippen LogP contribution < -0.4 is 14.1 Å². The Morgan fingerprint density at radius 2 is 1.62 bits per heavy atom. The molecule has 10 nitrogen and oxygen atoms in total. The molecule has 8 rings (SSSR count). The zero-order chi connectivity index (χ0) is 43.4. The Labute approximate surface area is 367 Å². The zero-order valence-electron chi connectivity index (χ0n) is 38.0. The predicted molar refractivity (Wildman–Crippen MR) is 247 cm³/mol. The molecule has 3 aromatic carbocycles. The molecule has 2 bridgehead atoms. The van der Waals surface area contributed by atoms with Crippen molar-refractivity contribution < 1.29 is 27.8 Å². The molecule has 0 N–H and O–H groups in total. The lowest BCUT2D eigenvalue weighted by molar-refractivity contribution is 0.0122. The van der Waals surface area contributed by atoms with Crippen molar-refractivity contribution >= 4 is 53.7 Å². The van der Waals surface area contributed by atoms with Crippen LogP contribution in [0, 0.1) is 11.2 Å². The van der Waals surface area contributed by atoms with Crippen LogP contribution in [0.5, 0.6) is 11.8 Å². The van der Waals surface area contributed by atoms with E-state index in [1.807, 2.05) is 37.8 Å². The number of ether oxygens (including phenoxy) is 3. The number of rotatable bonds is 13. The molecule has 0 radical (unpaired) electrons. The van der Waals surface area contributed by atoms with E-state index in [1.165, 1.54) is 0 Å². The van der Waals surface area contributed by atoms with E-state index < -0.39 is 19.7 Å². The molecular formula is C48H66FN5O5SSi. The summed E-state index contributed by atoms with van der Waals surface area (Å²) >= 11 is 1.66. The van der Waals surface area contributed by atoms with E-state index in [0.717, 1.165) is 85.5 Å². The molecule has 4 aromatic rings. The highest BCUT2D eigenvalue weighted by molar-refractivity contribution is 7.98. The van der Waals surface area contributed by atoms with Gasteiger partial charge in [0, 0.05) is 59.4 Å². The van der Waals surface area contributed by atoms with Gasteiger partial charge in [-0.3, -0.25) is 9.80 Å². The number of carbonyl (C=O) groups excluding carboxylic acids is 1. The number of morpholine rings is 1. The normalized spacial score (nSPS) is 20.7. The van der Waals surface area contributed by atoms with Crippen LogP contribution in [0.1, 0.15) is 88.0 Å². The van der Waals surface area contributed by atoms with Crippen LogP contribution in [-0.4, -0.2) is 111 Å². The van der Waals surface area contributed by atoms with Gasteiger partial charge in [0.1, 0.15) is 22.7 Å². The van der Waals surface area contributed by atoms with Crippen LogP contribution in [0.2, 0.25) is 16.6 Å². The third kappa shape index (κ3) is 8.70. The Morgan fingerprint density at radius 3 is 2.23 bits per heavy atom. The minimum Gasteiger partial charge on any atom is -0.543 e. The van der Waals surface area contributed by atoms with E-state index in [-0.39, 0.29) is 35.1 Å². The van der Waals surface area contributed by atoms with Crippen LogP contribution >= 0.6 is 11.8 Å². The summed E-state index contributed by atoms with van der Waals surface area (Å²) in [6.45, 7) is 25.3. The molecule has 330 valence electrons. The highest BCUT2D eigenvalue weighted by atomic mass is 32.2. The SMILES string of the molecule is CSc1cccc2cc(O[Si](C(C)C)(C(C)C)C(C)C)cc(-c3ccc4c(N5CC6CCC(C5)N6C(=O)OC(C)(C)C)nc(OCC5(CN6CCOCC6)CC5)nc4c3F)c12. The van der Waals surface area contributed by atoms with Crippen molar-refractivity contribution in [2.24, 2.45) is 5.41 Å². The molecule has 3 saturated heterocycles. The van der Waals surface area contributed by atoms with E-state index in [0.29, 0.717) is 53.1 Å². The maximum atomic E-state index is 17.9. The van der Waals surface area contributed by atoms with Gasteiger partial charge in [-0.1, -0.05) is 59.7 Å². The van der Waals surface area contributed by atoms with Crippen molar-refractivity contribution in [1.29, 1.82) is 0 Å². The zero-order valence-corrected chi connectivity index (χ0v) is 39.8. The molecule has 1 saturated carbocycles. The highest BCUT2D eigenvalue weighted by Gasteiger charge is 2.48. The predicted octanol–water partition coefficient (Wildman–Crippen LogP) is 10.9. The monoisotopic (exact) mass is 871 g/mol. The van der Waals surface area contributed by atoms with Crippen LogP contribution in [-0.2, 0) is 9.47 Å². The van der Waals surface area contributed by atoms with Gasteiger partial charge in [0.05, 0.1) is 31.9 Å². The number of amides is 1. The number of hydrogen-bond acceptors (Lipinski definition) is 10. The second-order valence-electron chi connectivity index (χ2n) is 20.0. The minimum atomic E-state index is -2.34. The van der Waals surface area contributed by atoms with Crippen LogP contribution in [0.25, 0.3) is 32.8 Å². The molecule has 2 unspecified atom stereocenters. The summed E-state index contributed by atoms with van der Waals surface area (Å²) in [6, 6.07) is 14.5. The van der Waals surface area contributed by atoms with Crippen LogP contribution in [0.15, 0.2) is 47.4 Å². The number of aromatic nitrogens is 2. The summed E-state index contributed by atoms with van der Waals surface area (Å²) < 4.78 is 43.2. The average molecular weight is 872 g/mol. The molecule has 61 heavy (non-hydrogen) atoms. The summed E-state index contributed by atoms with van der Waals surface area (Å²) in [6.07, 6.45) is 5.66. The Balaban J connectivity index is 1.22. The number of anilines is 1. The second-order valence-corrected chi connectivity index (χ2v) is 26.2. The van der Waals surface area contributed by atoms with Gasteiger partial charge in [0.25, 0.3) is 8.32 Å². The van der Waals surface area contributed by atoms with E-state index in [2.05, 4.69) is 87.9 Å². The van der Waals surface area contributed by atoms with Crippen molar-refractivity contribution in [3.8, 4) is 22.9 Å². The fourth-order valence-electron chi connectivity index (χ4n) is 10.7. The third-order valence-corrected chi connectivity index (χ3v) is 20.5. The molecule has 1 aromatic heterocycles. The number of benzene rings is 3. The standard InChI is InChI=1S/C48H66FN5O5SSi/c1-30(2)61(31(3)4,32(5)6)59-36-24-33-12-11-13-40(60-10)41(33)39(25-36)37-16-17-38-43(42(37)49)50-45(57-29-48(18-19-48)28-52-20-22-56-23-21-52)51-44(38)53-26-34-14-15-35(27-53)54(34)46(55)58-47(7,8)9/h11-13,16-17,24-25,30-32,34-35H,14-15,18-23,26-29H2,1-10H3. The van der Waals surface area contributed by atoms with Crippen LogP contribution in [0.3, 0.4) is 0 Å². The van der Waals surface area contributed by atoms with E-state index in [4.69, 9.17) is 28.6 Å². The number of halogens is 1. The Morgan fingerprint density at radius 1 is 0.951 bits per heavy atom. The van der Waals surface area contributed by atoms with E-state index in [9.17, 15) is 4.79 Å². The summed E-state index contributed by atoms with van der Waals surface area (Å²) in [4.78, 5) is 31.1. The molecule has 4 aliphatic rings. The molecule has 1 aliphatic carbocycles. The first-order valence-electron chi connectivity index (χ1n) is 22.5. The van der Waals surface area contributed by atoms with Gasteiger partial charge >= 0.3 is 12.1 Å². The maximum Gasteiger partial charge on any atom is 0.410 e. The fourth-order valence-corrected chi connectivity index (χ4v) is 16.5. The van der Waals surface area contributed by atoms with Gasteiger partial charge in [0.15, 0.2) is 5.82 Å². The molecule has 13 heteroatoms. The van der Waals surface area contributed by atoms with Gasteiger partial charge in [-0.25, -0.2) is 9.18 Å². The van der Waals surface area contributed by atoms with Gasteiger partial charge in [0.2, 0.25) is 0 Å². The number of carbonyl (C=O) groups is 1. The summed E-state index contributed by atoms with van der Waals surface area (Å²) in [5, 5.41) is 2.63. The molecule has 2 atom stereocenters. The molecule has 0 spiro atoms. The second kappa shape index (κ2) is 17.1. The lowest BCUT2D eigenvalue weighted by Gasteiger charge is -2.42. The molecule has 4 heterocycles. The van der Waals surface area contributed by atoms with E-state index >= 15 is 4.39 Å². The van der Waals surface area contributed by atoms with Gasteiger partial charge in [-0.05, 0) is 105 Å². The Hall–Kier alpha value is -3.65. The summed E-state index contributed by atoms with van der Waals surface area (Å²) in [5.41, 5.74) is 2.03. The minimum absolute atomic E-state index is 0.0163. The lowest BCUT2D eigenvalue weighted by Crippen LogP contribution is -2.57. The number of hydrogen-bond donors (Lipinski definition) is 0. The van der Waals surface area contributed by atoms with Crippen molar-refractivity contribution in [3.63, 3.8) is 0 Å². The van der Waals surface area contributed by atoms with Gasteiger partial charge in [-0.15, -0.1) is 11.8 Å². The topological polar surface area (TPSA) is 89.5 Å². The first-order valence-corrected chi connectivity index (χ1v) is 25.9. The fraction of sp³-hybridized carbons (Fsp3) is 0.604. The first kappa shape index (κ1) is 44.0. The lowest BCUT2D eigenvalue weighted by atomic mass is 9.96. The number of piperazine rings is 1. The Kier molecular flexibility index (Phi) is 12.4. The Bertz CT molecular complexity index is 2220. The first-order chi connectivity index (χ1) is 29.0. The van der Waals surface area contributed by atoms with Crippen molar-refractivity contribution in [2.45, 2.75) is 127 Å². The molecule has 4 fully saturated rings. The average Bonchev–Trinajstić information content (AvgIpc) is 3.92. The number of fused-ring (bicyclic) bond motifs is 4. The van der Waals surface area contributed by atoms with Gasteiger partial charge < -0.3 is 23.5 Å². The van der Waals surface area contributed by atoms with E-state index in [1.54, 1.807) is 11.8 Å². The van der Waals surface area contributed by atoms with Crippen molar-refractivity contribution in [1.82, 2.24) is 19.8 Å². The molecular weight excluding hydrogens is 806 g/mol. The number of thioether (sulfide) groups is 1. The summed E-state index contributed by atoms with van der Waals surface area (Å²) in [5.74, 6) is 1.01. The summed E-state index contributed by atoms with van der Waals surface area (Å²) in [7, 11) is -2.34. The smallest absolute Gasteiger partial charge is 0.410 e. The quantitative estimate of drug-likeness (QED) is 0.0956. The van der Waals surface area contributed by atoms with Crippen molar-refractivity contribution in [2.75, 3.05) is 63.7 Å². The van der Waals surface area contributed by atoms with Crippen molar-refractivity contribution in [3.05, 3.63) is 48.3 Å². The highest BCUT2D eigenvalue weighted by Crippen LogP contribution is 2.48. The third-order valence-electron chi connectivity index (χ3n) is 13.7. The molecule has 1 amide bonds. The number of nitrogens with zero attached hydrogens (tertiary/aromatic N) is 5. The molecule has 3 aliphatic heterocycles. The largest absolute Gasteiger partial charge is 0.543 e. The van der Waals surface area contributed by atoms with Gasteiger partial charge in [-0.2, -0.15) is 9.97 Å². The van der Waals surface area contributed by atoms with Crippen LogP contribution in [0.4, 0.5) is 15.0 Å². The maximum absolute atomic E-state index is 17.9.